The molecule has 0 bridgehead atoms. The van der Waals surface area contributed by atoms with E-state index in [4.69, 9.17) is 5.73 Å². The molecule has 0 saturated carbocycles. The molecule has 0 radical (unpaired) electrons. The van der Waals surface area contributed by atoms with E-state index in [1.165, 1.54) is 0 Å². The number of aromatic nitrogens is 1. The molecule has 0 amide bonds. The van der Waals surface area contributed by atoms with Crippen LogP contribution in [0.2, 0.25) is 0 Å². The summed E-state index contributed by atoms with van der Waals surface area (Å²) in [5.74, 6) is 0.521. The van der Waals surface area contributed by atoms with Crippen LogP contribution in [0.3, 0.4) is 0 Å². The van der Waals surface area contributed by atoms with Gasteiger partial charge in [-0.1, -0.05) is 18.2 Å². The minimum Gasteiger partial charge on any atom is -0.398 e. The Balaban J connectivity index is 1.82. The number of nitrogens with two attached hydrogens (primary N) is 1. The van der Waals surface area contributed by atoms with E-state index in [1.807, 2.05) is 30.3 Å². The predicted octanol–water partition coefficient (Wildman–Crippen LogP) is 1.44. The predicted molar refractivity (Wildman–Crippen MR) is 84.7 cm³/mol. The number of rotatable bonds is 2. The van der Waals surface area contributed by atoms with Crippen LogP contribution in [0, 0.1) is 0 Å². The van der Waals surface area contributed by atoms with Gasteiger partial charge in [0.15, 0.2) is 9.84 Å². The number of fused-ring (bicyclic) bond motifs is 1. The van der Waals surface area contributed by atoms with Gasteiger partial charge in [-0.3, -0.25) is 9.88 Å². The zero-order valence-corrected chi connectivity index (χ0v) is 12.6. The van der Waals surface area contributed by atoms with E-state index in [1.54, 1.807) is 0 Å². The van der Waals surface area contributed by atoms with Gasteiger partial charge in [-0.05, 0) is 25.1 Å². The molecule has 1 fully saturated rings. The van der Waals surface area contributed by atoms with E-state index in [0.717, 1.165) is 28.8 Å². The van der Waals surface area contributed by atoms with E-state index < -0.39 is 9.84 Å². The first-order valence-corrected chi connectivity index (χ1v) is 8.92. The van der Waals surface area contributed by atoms with Crippen molar-refractivity contribution in [3.63, 3.8) is 0 Å². The van der Waals surface area contributed by atoms with Crippen LogP contribution in [-0.4, -0.2) is 42.9 Å². The van der Waals surface area contributed by atoms with E-state index in [-0.39, 0.29) is 11.5 Å². The van der Waals surface area contributed by atoms with Crippen molar-refractivity contribution in [3.8, 4) is 0 Å². The molecule has 1 aromatic heterocycles. The topological polar surface area (TPSA) is 76.3 Å². The maximum absolute atomic E-state index is 11.6. The lowest BCUT2D eigenvalue weighted by Gasteiger charge is -2.19. The minimum absolute atomic E-state index is 0.232. The first-order valence-electron chi connectivity index (χ1n) is 7.10. The molecule has 1 aliphatic heterocycles. The molecular weight excluding hydrogens is 286 g/mol. The number of anilines is 1. The SMILES string of the molecule is Nc1cc(CN2CCCS(=O)(=O)CC2)nc2ccccc12. The highest BCUT2D eigenvalue weighted by molar-refractivity contribution is 7.91. The third kappa shape index (κ3) is 3.33. The summed E-state index contributed by atoms with van der Waals surface area (Å²) in [4.78, 5) is 6.77. The average Bonchev–Trinajstić information content (AvgIpc) is 2.60. The molecule has 112 valence electrons. The summed E-state index contributed by atoms with van der Waals surface area (Å²) in [6, 6.07) is 9.68. The van der Waals surface area contributed by atoms with Crippen molar-refractivity contribution in [2.24, 2.45) is 0 Å². The van der Waals surface area contributed by atoms with E-state index in [9.17, 15) is 8.42 Å². The number of hydrogen-bond acceptors (Lipinski definition) is 5. The third-order valence-electron chi connectivity index (χ3n) is 3.84. The highest BCUT2D eigenvalue weighted by Gasteiger charge is 2.19. The maximum Gasteiger partial charge on any atom is 0.151 e. The summed E-state index contributed by atoms with van der Waals surface area (Å²) in [6.07, 6.45) is 0.686. The Morgan fingerprint density at radius 2 is 2.00 bits per heavy atom. The van der Waals surface area contributed by atoms with Gasteiger partial charge in [-0.15, -0.1) is 0 Å². The van der Waals surface area contributed by atoms with Gasteiger partial charge in [0.2, 0.25) is 0 Å². The molecule has 0 spiro atoms. The smallest absolute Gasteiger partial charge is 0.151 e. The lowest BCUT2D eigenvalue weighted by Crippen LogP contribution is -2.27. The molecule has 5 nitrogen and oxygen atoms in total. The van der Waals surface area contributed by atoms with Gasteiger partial charge in [-0.2, -0.15) is 0 Å². The average molecular weight is 305 g/mol. The van der Waals surface area contributed by atoms with E-state index in [2.05, 4.69) is 9.88 Å². The molecule has 0 aliphatic carbocycles. The number of benzene rings is 1. The monoisotopic (exact) mass is 305 g/mol. The number of nitrogen functional groups attached to an aromatic ring is 1. The fraction of sp³-hybridized carbons (Fsp3) is 0.400. The van der Waals surface area contributed by atoms with Crippen LogP contribution in [-0.2, 0) is 16.4 Å². The highest BCUT2D eigenvalue weighted by Crippen LogP contribution is 2.21. The van der Waals surface area contributed by atoms with Crippen LogP contribution in [0.4, 0.5) is 5.69 Å². The zero-order chi connectivity index (χ0) is 14.9. The summed E-state index contributed by atoms with van der Waals surface area (Å²) in [7, 11) is -2.87. The Labute approximate surface area is 124 Å². The Bertz CT molecular complexity index is 759. The van der Waals surface area contributed by atoms with E-state index >= 15 is 0 Å². The summed E-state index contributed by atoms with van der Waals surface area (Å²) < 4.78 is 23.3. The zero-order valence-electron chi connectivity index (χ0n) is 11.8. The Morgan fingerprint density at radius 3 is 2.86 bits per heavy atom. The summed E-state index contributed by atoms with van der Waals surface area (Å²) in [6.45, 7) is 1.99. The Kier molecular flexibility index (Phi) is 3.82. The number of sulfone groups is 1. The second kappa shape index (κ2) is 5.61. The largest absolute Gasteiger partial charge is 0.398 e. The van der Waals surface area contributed by atoms with Crippen LogP contribution < -0.4 is 5.73 Å². The molecule has 3 rings (SSSR count). The fourth-order valence-electron chi connectivity index (χ4n) is 2.72. The standard InChI is InChI=1S/C15H19N3O2S/c16-14-10-12(17-15-5-2-1-4-13(14)15)11-18-6-3-8-21(19,20)9-7-18/h1-2,4-5,10H,3,6-9,11H2,(H2,16,17). The summed E-state index contributed by atoms with van der Waals surface area (Å²) >= 11 is 0. The first kappa shape index (κ1) is 14.3. The van der Waals surface area contributed by atoms with Crippen molar-refractivity contribution in [1.29, 1.82) is 0 Å². The second-order valence-electron chi connectivity index (χ2n) is 5.50. The fourth-order valence-corrected chi connectivity index (χ4v) is 4.03. The van der Waals surface area contributed by atoms with E-state index in [0.29, 0.717) is 19.5 Å². The van der Waals surface area contributed by atoms with Gasteiger partial charge in [-0.25, -0.2) is 8.42 Å². The molecule has 21 heavy (non-hydrogen) atoms. The van der Waals surface area contributed by atoms with Crippen molar-refractivity contribution < 1.29 is 8.42 Å². The molecule has 2 aromatic rings. The normalized spacial score (nSPS) is 19.4. The number of nitrogens with zero attached hydrogens (tertiary/aromatic N) is 2. The summed E-state index contributed by atoms with van der Waals surface area (Å²) in [5.41, 5.74) is 8.58. The lowest BCUT2D eigenvalue weighted by atomic mass is 10.1. The van der Waals surface area contributed by atoms with Crippen LogP contribution in [0.15, 0.2) is 30.3 Å². The quantitative estimate of drug-likeness (QED) is 0.908. The van der Waals surface area contributed by atoms with Gasteiger partial charge in [0.25, 0.3) is 0 Å². The second-order valence-corrected chi connectivity index (χ2v) is 7.81. The van der Waals surface area contributed by atoms with Gasteiger partial charge < -0.3 is 5.73 Å². The van der Waals surface area contributed by atoms with Crippen molar-refractivity contribution >= 4 is 26.4 Å². The number of pyridine rings is 1. The molecule has 1 saturated heterocycles. The summed E-state index contributed by atoms with van der Waals surface area (Å²) in [5, 5.41) is 0.958. The molecule has 0 atom stereocenters. The van der Waals surface area contributed by atoms with Gasteiger partial charge >= 0.3 is 0 Å². The minimum atomic E-state index is -2.87. The van der Waals surface area contributed by atoms with Crippen molar-refractivity contribution in [2.75, 3.05) is 30.3 Å². The van der Waals surface area contributed by atoms with Gasteiger partial charge in [0.1, 0.15) is 0 Å². The first-order chi connectivity index (χ1) is 10.0. The van der Waals surface area contributed by atoms with Crippen LogP contribution in [0.25, 0.3) is 10.9 Å². The molecule has 6 heteroatoms. The van der Waals surface area contributed by atoms with Crippen molar-refractivity contribution in [3.05, 3.63) is 36.0 Å². The van der Waals surface area contributed by atoms with Crippen LogP contribution in [0.5, 0.6) is 0 Å². The maximum atomic E-state index is 11.6. The molecule has 1 aliphatic rings. The number of para-hydroxylation sites is 1. The van der Waals surface area contributed by atoms with Crippen LogP contribution in [0.1, 0.15) is 12.1 Å². The molecular formula is C15H19N3O2S. The van der Waals surface area contributed by atoms with Crippen molar-refractivity contribution in [1.82, 2.24) is 9.88 Å². The molecule has 2 N–H and O–H groups in total. The molecule has 0 unspecified atom stereocenters. The van der Waals surface area contributed by atoms with Crippen LogP contribution >= 0.6 is 0 Å². The van der Waals surface area contributed by atoms with Gasteiger partial charge in [0.05, 0.1) is 22.7 Å². The highest BCUT2D eigenvalue weighted by atomic mass is 32.2. The molecule has 2 heterocycles. The lowest BCUT2D eigenvalue weighted by molar-refractivity contribution is 0.284. The molecule has 1 aromatic carbocycles. The third-order valence-corrected chi connectivity index (χ3v) is 5.55. The number of hydrogen-bond donors (Lipinski definition) is 1. The Morgan fingerprint density at radius 1 is 1.19 bits per heavy atom. The van der Waals surface area contributed by atoms with Crippen molar-refractivity contribution in [2.45, 2.75) is 13.0 Å². The van der Waals surface area contributed by atoms with Gasteiger partial charge in [0, 0.05) is 24.2 Å². The Hall–Kier alpha value is -1.66.